The predicted molar refractivity (Wildman–Crippen MR) is 206 cm³/mol. The topological polar surface area (TPSA) is 21.3 Å². The van der Waals surface area contributed by atoms with Crippen LogP contribution in [0.15, 0.2) is 186 Å². The van der Waals surface area contributed by atoms with Crippen molar-refractivity contribution in [3.8, 4) is 16.8 Å². The average Bonchev–Trinajstić information content (AvgIpc) is 3.69. The predicted octanol–water partition coefficient (Wildman–Crippen LogP) is 13.0. The number of anilines is 3. The van der Waals surface area contributed by atoms with Crippen LogP contribution in [0.4, 0.5) is 17.1 Å². The molecule has 0 fully saturated rings. The van der Waals surface area contributed by atoms with Gasteiger partial charge in [-0.3, -0.25) is 0 Å². The van der Waals surface area contributed by atoms with E-state index in [0.29, 0.717) is 0 Å². The molecule has 2 heterocycles. The van der Waals surface area contributed by atoms with E-state index >= 15 is 0 Å². The molecule has 49 heavy (non-hydrogen) atoms. The van der Waals surface area contributed by atoms with Gasteiger partial charge >= 0.3 is 0 Å². The summed E-state index contributed by atoms with van der Waals surface area (Å²) in [5.41, 5.74) is 10.8. The fraction of sp³-hybridized carbons (Fsp3) is 0. The summed E-state index contributed by atoms with van der Waals surface area (Å²) in [6, 6.07) is 65.0. The van der Waals surface area contributed by atoms with Crippen molar-refractivity contribution in [1.29, 1.82) is 0 Å². The highest BCUT2D eigenvalue weighted by molar-refractivity contribution is 6.12. The fourth-order valence-electron chi connectivity index (χ4n) is 7.50. The van der Waals surface area contributed by atoms with Gasteiger partial charge in [-0.05, 0) is 83.1 Å². The summed E-state index contributed by atoms with van der Waals surface area (Å²) in [6.45, 7) is 0. The molecule has 8 aromatic carbocycles. The highest BCUT2D eigenvalue weighted by atomic mass is 16.3. The van der Waals surface area contributed by atoms with Gasteiger partial charge in [-0.2, -0.15) is 0 Å². The summed E-state index contributed by atoms with van der Waals surface area (Å²) in [6.07, 6.45) is 0. The zero-order valence-corrected chi connectivity index (χ0v) is 26.6. The molecule has 0 spiro atoms. The third-order valence-electron chi connectivity index (χ3n) is 9.74. The maximum atomic E-state index is 6.59. The first-order chi connectivity index (χ1) is 24.3. The zero-order chi connectivity index (χ0) is 32.3. The van der Waals surface area contributed by atoms with Crippen LogP contribution in [0, 0.1) is 0 Å². The Hall–Kier alpha value is -6.58. The van der Waals surface area contributed by atoms with Crippen molar-refractivity contribution in [2.45, 2.75) is 0 Å². The smallest absolute Gasteiger partial charge is 0.137 e. The summed E-state index contributed by atoms with van der Waals surface area (Å²) in [5, 5.41) is 7.06. The van der Waals surface area contributed by atoms with Gasteiger partial charge in [0.05, 0.1) is 16.7 Å². The van der Waals surface area contributed by atoms with E-state index in [1.807, 2.05) is 0 Å². The largest absolute Gasteiger partial charge is 0.456 e. The Morgan fingerprint density at radius 1 is 0.408 bits per heavy atom. The molecule has 2 aromatic heterocycles. The molecule has 0 unspecified atom stereocenters. The third kappa shape index (κ3) is 4.44. The lowest BCUT2D eigenvalue weighted by Crippen LogP contribution is -2.11. The molecular formula is C46H30N2O. The number of benzene rings is 8. The highest BCUT2D eigenvalue weighted by Gasteiger charge is 2.21. The third-order valence-corrected chi connectivity index (χ3v) is 9.74. The standard InChI is InChI=1S/C46H30N2O/c1-3-13-31(14-4-1)37-19-9-11-21-42(37)47(36-23-25-39-41-27-32-15-7-8-16-33(32)28-45(41)49-46(39)30-36)35-24-26-44-40(29-35)38-20-10-12-22-43(38)48(44)34-17-5-2-6-18-34/h1-30H. The fourth-order valence-corrected chi connectivity index (χ4v) is 7.50. The van der Waals surface area contributed by atoms with E-state index < -0.39 is 0 Å². The SMILES string of the molecule is c1ccc(-c2ccccc2N(c2ccc3c(c2)oc2cc4ccccc4cc23)c2ccc3c(c2)c2ccccc2n3-c2ccccc2)cc1. The lowest BCUT2D eigenvalue weighted by molar-refractivity contribution is 0.669. The Morgan fingerprint density at radius 3 is 1.90 bits per heavy atom. The molecule has 0 aliphatic heterocycles. The molecule has 0 bridgehead atoms. The van der Waals surface area contributed by atoms with E-state index in [2.05, 4.69) is 191 Å². The second-order valence-electron chi connectivity index (χ2n) is 12.6. The molecule has 3 heteroatoms. The van der Waals surface area contributed by atoms with Gasteiger partial charge in [0, 0.05) is 50.2 Å². The Morgan fingerprint density at radius 2 is 1.04 bits per heavy atom. The summed E-state index contributed by atoms with van der Waals surface area (Å²) in [5.74, 6) is 0. The van der Waals surface area contributed by atoms with E-state index in [9.17, 15) is 0 Å². The van der Waals surface area contributed by atoms with Crippen LogP contribution in [-0.4, -0.2) is 4.57 Å². The molecule has 0 amide bonds. The minimum atomic E-state index is 0.867. The van der Waals surface area contributed by atoms with Crippen LogP contribution in [0.2, 0.25) is 0 Å². The molecule has 0 aliphatic carbocycles. The number of rotatable bonds is 5. The van der Waals surface area contributed by atoms with Crippen LogP contribution >= 0.6 is 0 Å². The summed E-state index contributed by atoms with van der Waals surface area (Å²) >= 11 is 0. The number of hydrogen-bond donors (Lipinski definition) is 0. The molecule has 0 N–H and O–H groups in total. The summed E-state index contributed by atoms with van der Waals surface area (Å²) < 4.78 is 8.95. The number of hydrogen-bond acceptors (Lipinski definition) is 2. The van der Waals surface area contributed by atoms with E-state index in [-0.39, 0.29) is 0 Å². The number of furan rings is 1. The molecule has 10 rings (SSSR count). The second-order valence-corrected chi connectivity index (χ2v) is 12.6. The van der Waals surface area contributed by atoms with Crippen molar-refractivity contribution in [2.75, 3.05) is 4.90 Å². The maximum Gasteiger partial charge on any atom is 0.137 e. The first-order valence-corrected chi connectivity index (χ1v) is 16.7. The van der Waals surface area contributed by atoms with Crippen LogP contribution in [0.5, 0.6) is 0 Å². The Balaban J connectivity index is 1.23. The zero-order valence-electron chi connectivity index (χ0n) is 26.6. The summed E-state index contributed by atoms with van der Waals surface area (Å²) in [4.78, 5) is 2.37. The van der Waals surface area contributed by atoms with Crippen LogP contribution in [0.1, 0.15) is 0 Å². The first kappa shape index (κ1) is 27.5. The van der Waals surface area contributed by atoms with Crippen molar-refractivity contribution >= 4 is 71.6 Å². The molecule has 3 nitrogen and oxygen atoms in total. The number of fused-ring (bicyclic) bond motifs is 7. The number of aromatic nitrogens is 1. The van der Waals surface area contributed by atoms with E-state index in [4.69, 9.17) is 4.42 Å². The molecule has 0 atom stereocenters. The van der Waals surface area contributed by atoms with E-state index in [0.717, 1.165) is 50.3 Å². The number of para-hydroxylation sites is 3. The lowest BCUT2D eigenvalue weighted by Gasteiger charge is -2.28. The molecule has 0 saturated carbocycles. The Bertz CT molecular complexity index is 2830. The van der Waals surface area contributed by atoms with Crippen molar-refractivity contribution in [3.05, 3.63) is 182 Å². The normalized spacial score (nSPS) is 11.7. The van der Waals surface area contributed by atoms with Gasteiger partial charge < -0.3 is 13.9 Å². The molecule has 0 radical (unpaired) electrons. The van der Waals surface area contributed by atoms with Crippen molar-refractivity contribution in [2.24, 2.45) is 0 Å². The van der Waals surface area contributed by atoms with Gasteiger partial charge in [0.1, 0.15) is 11.2 Å². The van der Waals surface area contributed by atoms with Crippen LogP contribution in [0.3, 0.4) is 0 Å². The van der Waals surface area contributed by atoms with Gasteiger partial charge in [-0.1, -0.05) is 109 Å². The monoisotopic (exact) mass is 626 g/mol. The van der Waals surface area contributed by atoms with Gasteiger partial charge in [0.2, 0.25) is 0 Å². The second kappa shape index (κ2) is 11.0. The molecule has 10 aromatic rings. The first-order valence-electron chi connectivity index (χ1n) is 16.7. The molecule has 0 saturated heterocycles. The van der Waals surface area contributed by atoms with Crippen LogP contribution in [-0.2, 0) is 0 Å². The van der Waals surface area contributed by atoms with E-state index in [1.54, 1.807) is 0 Å². The molecule has 0 aliphatic rings. The lowest BCUT2D eigenvalue weighted by atomic mass is 10.0. The molecule has 230 valence electrons. The maximum absolute atomic E-state index is 6.59. The highest BCUT2D eigenvalue weighted by Crippen LogP contribution is 2.44. The van der Waals surface area contributed by atoms with Crippen LogP contribution < -0.4 is 4.90 Å². The van der Waals surface area contributed by atoms with Crippen LogP contribution in [0.25, 0.3) is 71.3 Å². The van der Waals surface area contributed by atoms with Crippen molar-refractivity contribution in [3.63, 3.8) is 0 Å². The van der Waals surface area contributed by atoms with Crippen molar-refractivity contribution in [1.82, 2.24) is 4.57 Å². The van der Waals surface area contributed by atoms with Gasteiger partial charge in [0.25, 0.3) is 0 Å². The summed E-state index contributed by atoms with van der Waals surface area (Å²) in [7, 11) is 0. The number of nitrogens with zero attached hydrogens (tertiary/aromatic N) is 2. The van der Waals surface area contributed by atoms with Gasteiger partial charge in [-0.25, -0.2) is 0 Å². The average molecular weight is 627 g/mol. The Labute approximate surface area is 283 Å². The quantitative estimate of drug-likeness (QED) is 0.190. The van der Waals surface area contributed by atoms with Gasteiger partial charge in [0.15, 0.2) is 0 Å². The van der Waals surface area contributed by atoms with Gasteiger partial charge in [-0.15, -0.1) is 0 Å². The van der Waals surface area contributed by atoms with E-state index in [1.165, 1.54) is 38.1 Å². The minimum absolute atomic E-state index is 0.867. The van der Waals surface area contributed by atoms with Crippen molar-refractivity contribution < 1.29 is 4.42 Å². The Kier molecular flexibility index (Phi) is 6.18. The minimum Gasteiger partial charge on any atom is -0.456 e. The molecular weight excluding hydrogens is 597 g/mol.